The van der Waals surface area contributed by atoms with E-state index in [0.29, 0.717) is 23.4 Å². The van der Waals surface area contributed by atoms with Crippen LogP contribution in [0.2, 0.25) is 0 Å². The fourth-order valence-electron chi connectivity index (χ4n) is 1.96. The Bertz CT molecular complexity index is 460. The fourth-order valence-corrected chi connectivity index (χ4v) is 1.96. The monoisotopic (exact) mass is 251 g/mol. The molecule has 0 aliphatic heterocycles. The lowest BCUT2D eigenvalue weighted by molar-refractivity contribution is 0.0519. The van der Waals surface area contributed by atoms with Crippen molar-refractivity contribution in [3.8, 4) is 0 Å². The van der Waals surface area contributed by atoms with Crippen LogP contribution in [0.1, 0.15) is 59.3 Å². The van der Waals surface area contributed by atoms with Crippen molar-refractivity contribution in [2.75, 3.05) is 6.61 Å². The molecule has 0 amide bonds. The predicted octanol–water partition coefficient (Wildman–Crippen LogP) is 3.04. The summed E-state index contributed by atoms with van der Waals surface area (Å²) in [5.74, 6) is -0.353. The summed E-state index contributed by atoms with van der Waals surface area (Å²) in [5.41, 5.74) is 2.45. The smallest absolute Gasteiger partial charge is 0.355 e. The molecule has 0 radical (unpaired) electrons. The number of carbonyl (C=O) groups is 2. The maximum absolute atomic E-state index is 12.2. The van der Waals surface area contributed by atoms with Crippen LogP contribution >= 0.6 is 0 Å². The summed E-state index contributed by atoms with van der Waals surface area (Å²) in [5, 5.41) is 0. The highest BCUT2D eigenvalue weighted by Crippen LogP contribution is 2.23. The van der Waals surface area contributed by atoms with Crippen LogP contribution in [0.5, 0.6) is 0 Å². The molecule has 1 atom stereocenters. The summed E-state index contributed by atoms with van der Waals surface area (Å²) in [7, 11) is 0. The van der Waals surface area contributed by atoms with Crippen LogP contribution in [0.15, 0.2) is 0 Å². The summed E-state index contributed by atoms with van der Waals surface area (Å²) in [4.78, 5) is 26.9. The van der Waals surface area contributed by atoms with Crippen LogP contribution in [-0.2, 0) is 4.74 Å². The Balaban J connectivity index is 3.16. The van der Waals surface area contributed by atoms with Gasteiger partial charge in [0, 0.05) is 17.2 Å². The zero-order valence-electron chi connectivity index (χ0n) is 11.7. The van der Waals surface area contributed by atoms with Crippen LogP contribution < -0.4 is 0 Å². The second kappa shape index (κ2) is 5.85. The van der Waals surface area contributed by atoms with Crippen molar-refractivity contribution in [1.29, 1.82) is 0 Å². The number of ether oxygens (including phenoxy) is 1. The quantitative estimate of drug-likeness (QED) is 0.646. The molecule has 0 aliphatic carbocycles. The van der Waals surface area contributed by atoms with Gasteiger partial charge in [0.25, 0.3) is 0 Å². The van der Waals surface area contributed by atoms with Crippen molar-refractivity contribution in [2.24, 2.45) is 5.92 Å². The number of aromatic amines is 1. The molecule has 18 heavy (non-hydrogen) atoms. The number of hydrogen-bond acceptors (Lipinski definition) is 3. The Labute approximate surface area is 108 Å². The van der Waals surface area contributed by atoms with Gasteiger partial charge in [-0.1, -0.05) is 13.8 Å². The van der Waals surface area contributed by atoms with Gasteiger partial charge in [-0.15, -0.1) is 0 Å². The highest BCUT2D eigenvalue weighted by Gasteiger charge is 2.24. The van der Waals surface area contributed by atoms with Gasteiger partial charge in [-0.25, -0.2) is 4.79 Å². The summed E-state index contributed by atoms with van der Waals surface area (Å²) in [6.45, 7) is 9.56. The number of Topliss-reactive ketones (excluding diaryl/α,β-unsaturated/α-hetero) is 1. The molecular formula is C14H21NO3. The van der Waals surface area contributed by atoms with Crippen molar-refractivity contribution in [3.63, 3.8) is 0 Å². The number of ketones is 1. The van der Waals surface area contributed by atoms with Gasteiger partial charge in [0.1, 0.15) is 5.69 Å². The van der Waals surface area contributed by atoms with Gasteiger partial charge in [0.15, 0.2) is 5.78 Å². The summed E-state index contributed by atoms with van der Waals surface area (Å²) in [6.07, 6.45) is 0.789. The van der Waals surface area contributed by atoms with E-state index in [-0.39, 0.29) is 11.7 Å². The van der Waals surface area contributed by atoms with E-state index in [1.165, 1.54) is 0 Å². The average Bonchev–Trinajstić information content (AvgIpc) is 2.63. The molecule has 0 aliphatic rings. The Kier molecular flexibility index (Phi) is 4.70. The molecule has 1 rings (SSSR count). The second-order valence-electron chi connectivity index (χ2n) is 4.52. The van der Waals surface area contributed by atoms with E-state index in [0.717, 1.165) is 12.1 Å². The molecule has 0 saturated heterocycles. The number of aromatic nitrogens is 1. The number of rotatable bonds is 5. The molecule has 1 aromatic heterocycles. The summed E-state index contributed by atoms with van der Waals surface area (Å²) in [6, 6.07) is 0. The molecule has 100 valence electrons. The molecule has 0 aromatic carbocycles. The van der Waals surface area contributed by atoms with Gasteiger partial charge in [-0.05, 0) is 32.8 Å². The Morgan fingerprint density at radius 3 is 2.39 bits per heavy atom. The molecule has 0 bridgehead atoms. The second-order valence-corrected chi connectivity index (χ2v) is 4.52. The van der Waals surface area contributed by atoms with E-state index in [1.54, 1.807) is 13.8 Å². The lowest BCUT2D eigenvalue weighted by Gasteiger charge is -2.08. The molecule has 4 heteroatoms. The number of hydrogen-bond donors (Lipinski definition) is 1. The first-order chi connectivity index (χ1) is 8.43. The first kappa shape index (κ1) is 14.5. The maximum Gasteiger partial charge on any atom is 0.355 e. The van der Waals surface area contributed by atoms with E-state index in [2.05, 4.69) is 4.98 Å². The van der Waals surface area contributed by atoms with Crippen LogP contribution in [0.4, 0.5) is 0 Å². The standard InChI is InChI=1S/C14H21NO3/c1-6-8(3)13(16)11-9(4)12(15-10(11)5)14(17)18-7-2/h8,15H,6-7H2,1-5H3/t8-/m1/s1. The minimum Gasteiger partial charge on any atom is -0.461 e. The van der Waals surface area contributed by atoms with Gasteiger partial charge in [0.05, 0.1) is 6.61 Å². The van der Waals surface area contributed by atoms with E-state index < -0.39 is 5.97 Å². The lowest BCUT2D eigenvalue weighted by atomic mass is 9.94. The lowest BCUT2D eigenvalue weighted by Crippen LogP contribution is -2.12. The zero-order chi connectivity index (χ0) is 13.9. The molecule has 0 unspecified atom stereocenters. The highest BCUT2D eigenvalue weighted by molar-refractivity contribution is 6.03. The van der Waals surface area contributed by atoms with E-state index >= 15 is 0 Å². The average molecular weight is 251 g/mol. The summed E-state index contributed by atoms with van der Waals surface area (Å²) < 4.78 is 4.96. The van der Waals surface area contributed by atoms with Crippen LogP contribution in [0.3, 0.4) is 0 Å². The number of nitrogens with one attached hydrogen (secondary N) is 1. The van der Waals surface area contributed by atoms with E-state index in [1.807, 2.05) is 20.8 Å². The zero-order valence-corrected chi connectivity index (χ0v) is 11.7. The first-order valence-corrected chi connectivity index (χ1v) is 6.34. The molecule has 1 aromatic rings. The normalized spacial score (nSPS) is 12.3. The van der Waals surface area contributed by atoms with Crippen molar-refractivity contribution in [3.05, 3.63) is 22.5 Å². The van der Waals surface area contributed by atoms with Gasteiger partial charge < -0.3 is 9.72 Å². The molecular weight excluding hydrogens is 230 g/mol. The van der Waals surface area contributed by atoms with Crippen LogP contribution in [-0.4, -0.2) is 23.3 Å². The molecule has 0 fully saturated rings. The number of H-pyrrole nitrogens is 1. The minimum atomic E-state index is -0.402. The predicted molar refractivity (Wildman–Crippen MR) is 70.0 cm³/mol. The first-order valence-electron chi connectivity index (χ1n) is 6.34. The SMILES string of the molecule is CCOC(=O)c1[nH]c(C)c(C(=O)[C@H](C)CC)c1C. The molecule has 0 saturated carbocycles. The van der Waals surface area contributed by atoms with Crippen LogP contribution in [0.25, 0.3) is 0 Å². The Morgan fingerprint density at radius 1 is 1.28 bits per heavy atom. The topological polar surface area (TPSA) is 59.2 Å². The van der Waals surface area contributed by atoms with Gasteiger partial charge in [0.2, 0.25) is 0 Å². The number of carbonyl (C=O) groups excluding carboxylic acids is 2. The molecule has 0 spiro atoms. The third kappa shape index (κ3) is 2.63. The van der Waals surface area contributed by atoms with Gasteiger partial charge >= 0.3 is 5.97 Å². The van der Waals surface area contributed by atoms with Gasteiger partial charge in [-0.2, -0.15) is 0 Å². The highest BCUT2D eigenvalue weighted by atomic mass is 16.5. The number of aryl methyl sites for hydroxylation is 1. The number of esters is 1. The van der Waals surface area contributed by atoms with Crippen molar-refractivity contribution < 1.29 is 14.3 Å². The van der Waals surface area contributed by atoms with Crippen molar-refractivity contribution >= 4 is 11.8 Å². The Hall–Kier alpha value is -1.58. The third-order valence-electron chi connectivity index (χ3n) is 3.22. The summed E-state index contributed by atoms with van der Waals surface area (Å²) >= 11 is 0. The largest absolute Gasteiger partial charge is 0.461 e. The molecule has 1 N–H and O–H groups in total. The van der Waals surface area contributed by atoms with Crippen molar-refractivity contribution in [2.45, 2.75) is 41.0 Å². The van der Waals surface area contributed by atoms with E-state index in [4.69, 9.17) is 4.74 Å². The van der Waals surface area contributed by atoms with Crippen molar-refractivity contribution in [1.82, 2.24) is 4.98 Å². The Morgan fingerprint density at radius 2 is 1.89 bits per heavy atom. The third-order valence-corrected chi connectivity index (χ3v) is 3.22. The molecule has 4 nitrogen and oxygen atoms in total. The van der Waals surface area contributed by atoms with Crippen LogP contribution in [0, 0.1) is 19.8 Å². The van der Waals surface area contributed by atoms with E-state index in [9.17, 15) is 9.59 Å². The maximum atomic E-state index is 12.2. The van der Waals surface area contributed by atoms with Gasteiger partial charge in [-0.3, -0.25) is 4.79 Å². The molecule has 1 heterocycles. The fraction of sp³-hybridized carbons (Fsp3) is 0.571. The minimum absolute atomic E-state index is 0.0340.